The molecule has 0 saturated heterocycles. The van der Waals surface area contributed by atoms with Crippen molar-refractivity contribution in [1.29, 1.82) is 0 Å². The van der Waals surface area contributed by atoms with E-state index >= 15 is 0 Å². The highest BCUT2D eigenvalue weighted by atomic mass is 35.5. The van der Waals surface area contributed by atoms with E-state index in [1.807, 2.05) is 24.3 Å². The van der Waals surface area contributed by atoms with Crippen molar-refractivity contribution in [3.05, 3.63) is 53.2 Å². The van der Waals surface area contributed by atoms with Crippen molar-refractivity contribution in [3.8, 4) is 11.6 Å². The van der Waals surface area contributed by atoms with Crippen molar-refractivity contribution in [2.75, 3.05) is 19.8 Å². The number of nitrogens with zero attached hydrogens (tertiary/aromatic N) is 1. The molecule has 0 aliphatic heterocycles. The molecule has 0 spiro atoms. The molecule has 1 aromatic carbocycles. The van der Waals surface area contributed by atoms with E-state index in [9.17, 15) is 4.79 Å². The zero-order chi connectivity index (χ0) is 18.2. The Labute approximate surface area is 157 Å². The van der Waals surface area contributed by atoms with Crippen molar-refractivity contribution < 1.29 is 14.3 Å². The predicted molar refractivity (Wildman–Crippen MR) is 99.6 cm³/mol. The van der Waals surface area contributed by atoms with Crippen molar-refractivity contribution in [3.63, 3.8) is 0 Å². The maximum atomic E-state index is 11.8. The van der Waals surface area contributed by atoms with Gasteiger partial charge < -0.3 is 20.1 Å². The normalized spacial score (nSPS) is 13.1. The molecular formula is C19H22ClN3O3. The molecule has 0 radical (unpaired) electrons. The van der Waals surface area contributed by atoms with Gasteiger partial charge in [-0.3, -0.25) is 0 Å². The van der Waals surface area contributed by atoms with Gasteiger partial charge in [-0.05, 0) is 42.5 Å². The number of hydrogen-bond donors (Lipinski definition) is 2. The topological polar surface area (TPSA) is 72.5 Å². The van der Waals surface area contributed by atoms with Crippen LogP contribution < -0.4 is 20.1 Å². The number of pyridine rings is 1. The van der Waals surface area contributed by atoms with Crippen LogP contribution in [0.3, 0.4) is 0 Å². The third kappa shape index (κ3) is 6.44. The molecule has 138 valence electrons. The van der Waals surface area contributed by atoms with Gasteiger partial charge in [0.2, 0.25) is 5.88 Å². The zero-order valence-electron chi connectivity index (χ0n) is 14.4. The summed E-state index contributed by atoms with van der Waals surface area (Å²) in [6, 6.07) is 10.6. The first-order valence-corrected chi connectivity index (χ1v) is 9.04. The lowest BCUT2D eigenvalue weighted by atomic mass is 10.3. The fourth-order valence-corrected chi connectivity index (χ4v) is 2.40. The number of amides is 2. The predicted octanol–water partition coefficient (Wildman–Crippen LogP) is 3.40. The van der Waals surface area contributed by atoms with Crippen LogP contribution in [-0.4, -0.2) is 30.8 Å². The van der Waals surface area contributed by atoms with E-state index in [2.05, 4.69) is 15.6 Å². The number of ether oxygens (including phenoxy) is 2. The first kappa shape index (κ1) is 18.3. The van der Waals surface area contributed by atoms with Gasteiger partial charge >= 0.3 is 6.03 Å². The standard InChI is InChI=1S/C19H22ClN3O3/c20-16-2-1-3-17(10-16)25-9-8-21-19(24)23-12-15-6-7-18(22-11-15)26-13-14-4-5-14/h1-3,6-7,10-11,14H,4-5,8-9,12-13H2,(H2,21,23,24). The molecule has 6 nitrogen and oxygen atoms in total. The van der Waals surface area contributed by atoms with Crippen molar-refractivity contribution in [2.24, 2.45) is 5.92 Å². The van der Waals surface area contributed by atoms with Crippen LogP contribution in [0.4, 0.5) is 4.79 Å². The zero-order valence-corrected chi connectivity index (χ0v) is 15.2. The Bertz CT molecular complexity index is 720. The number of rotatable bonds is 9. The average Bonchev–Trinajstić information content (AvgIpc) is 3.47. The number of hydrogen-bond acceptors (Lipinski definition) is 4. The maximum absolute atomic E-state index is 11.8. The monoisotopic (exact) mass is 375 g/mol. The van der Waals surface area contributed by atoms with E-state index in [1.165, 1.54) is 12.8 Å². The Morgan fingerprint density at radius 2 is 2.08 bits per heavy atom. The maximum Gasteiger partial charge on any atom is 0.315 e. The molecule has 2 N–H and O–H groups in total. The van der Waals surface area contributed by atoms with Crippen LogP contribution in [0.5, 0.6) is 11.6 Å². The summed E-state index contributed by atoms with van der Waals surface area (Å²) >= 11 is 5.88. The van der Waals surface area contributed by atoms with E-state index in [1.54, 1.807) is 18.3 Å². The second-order valence-electron chi connectivity index (χ2n) is 6.17. The van der Waals surface area contributed by atoms with Gasteiger partial charge in [-0.15, -0.1) is 0 Å². The van der Waals surface area contributed by atoms with Gasteiger partial charge in [0.1, 0.15) is 12.4 Å². The highest BCUT2D eigenvalue weighted by molar-refractivity contribution is 6.30. The molecular weight excluding hydrogens is 354 g/mol. The first-order valence-electron chi connectivity index (χ1n) is 8.67. The lowest BCUT2D eigenvalue weighted by molar-refractivity contribution is 0.236. The van der Waals surface area contributed by atoms with E-state index in [-0.39, 0.29) is 6.03 Å². The molecule has 1 heterocycles. The summed E-state index contributed by atoms with van der Waals surface area (Å²) in [4.78, 5) is 16.0. The van der Waals surface area contributed by atoms with Gasteiger partial charge in [0.25, 0.3) is 0 Å². The van der Waals surface area contributed by atoms with Crippen LogP contribution in [0.1, 0.15) is 18.4 Å². The molecule has 0 unspecified atom stereocenters. The summed E-state index contributed by atoms with van der Waals surface area (Å²) in [5, 5.41) is 6.13. The van der Waals surface area contributed by atoms with Gasteiger partial charge in [-0.1, -0.05) is 23.7 Å². The number of halogens is 1. The minimum absolute atomic E-state index is 0.256. The summed E-state index contributed by atoms with van der Waals surface area (Å²) in [7, 11) is 0. The van der Waals surface area contributed by atoms with E-state index in [4.69, 9.17) is 21.1 Å². The fraction of sp³-hybridized carbons (Fsp3) is 0.368. The van der Waals surface area contributed by atoms with E-state index in [0.717, 1.165) is 12.2 Å². The number of aromatic nitrogens is 1. The van der Waals surface area contributed by atoms with Gasteiger partial charge in [0.05, 0.1) is 13.2 Å². The van der Waals surface area contributed by atoms with Crippen molar-refractivity contribution >= 4 is 17.6 Å². The van der Waals surface area contributed by atoms with Crippen LogP contribution in [-0.2, 0) is 6.54 Å². The Hall–Kier alpha value is -2.47. The van der Waals surface area contributed by atoms with Gasteiger partial charge in [-0.2, -0.15) is 0 Å². The van der Waals surface area contributed by atoms with Crippen molar-refractivity contribution in [1.82, 2.24) is 15.6 Å². The SMILES string of the molecule is O=C(NCCOc1cccc(Cl)c1)NCc1ccc(OCC2CC2)nc1. The lowest BCUT2D eigenvalue weighted by Crippen LogP contribution is -2.37. The number of carbonyl (C=O) groups excluding carboxylic acids is 1. The van der Waals surface area contributed by atoms with Crippen LogP contribution in [0.15, 0.2) is 42.6 Å². The largest absolute Gasteiger partial charge is 0.492 e. The van der Waals surface area contributed by atoms with E-state index in [0.29, 0.717) is 42.3 Å². The highest BCUT2D eigenvalue weighted by Gasteiger charge is 2.22. The molecule has 0 bridgehead atoms. The van der Waals surface area contributed by atoms with Gasteiger partial charge in [-0.25, -0.2) is 9.78 Å². The second kappa shape index (κ2) is 9.29. The molecule has 3 rings (SSSR count). The van der Waals surface area contributed by atoms with Crippen LogP contribution in [0.2, 0.25) is 5.02 Å². The fourth-order valence-electron chi connectivity index (χ4n) is 2.22. The number of benzene rings is 1. The molecule has 1 aliphatic rings. The lowest BCUT2D eigenvalue weighted by Gasteiger charge is -2.10. The number of carbonyl (C=O) groups is 1. The molecule has 1 saturated carbocycles. The number of nitrogens with one attached hydrogen (secondary N) is 2. The third-order valence-electron chi connectivity index (χ3n) is 3.87. The molecule has 0 atom stereocenters. The molecule has 7 heteroatoms. The van der Waals surface area contributed by atoms with Gasteiger partial charge in [0, 0.05) is 23.8 Å². The molecule has 2 amide bonds. The van der Waals surface area contributed by atoms with Crippen molar-refractivity contribution in [2.45, 2.75) is 19.4 Å². The summed E-state index contributed by atoms with van der Waals surface area (Å²) in [6.45, 7) is 1.90. The van der Waals surface area contributed by atoms with Gasteiger partial charge in [0.15, 0.2) is 0 Å². The smallest absolute Gasteiger partial charge is 0.315 e. The third-order valence-corrected chi connectivity index (χ3v) is 4.10. The van der Waals surface area contributed by atoms with Crippen LogP contribution in [0.25, 0.3) is 0 Å². The molecule has 1 fully saturated rings. The van der Waals surface area contributed by atoms with E-state index < -0.39 is 0 Å². The quantitative estimate of drug-likeness (QED) is 0.659. The Kier molecular flexibility index (Phi) is 6.55. The Balaban J connectivity index is 1.29. The summed E-state index contributed by atoms with van der Waals surface area (Å²) in [5.74, 6) is 2.00. The summed E-state index contributed by atoms with van der Waals surface area (Å²) in [6.07, 6.45) is 4.22. The first-order chi connectivity index (χ1) is 12.7. The highest BCUT2D eigenvalue weighted by Crippen LogP contribution is 2.29. The Morgan fingerprint density at radius 1 is 1.19 bits per heavy atom. The Morgan fingerprint density at radius 3 is 2.81 bits per heavy atom. The molecule has 1 aromatic heterocycles. The summed E-state index contributed by atoms with van der Waals surface area (Å²) < 4.78 is 11.1. The second-order valence-corrected chi connectivity index (χ2v) is 6.61. The average molecular weight is 376 g/mol. The van der Waals surface area contributed by atoms with Crippen LogP contribution in [0, 0.1) is 5.92 Å². The number of urea groups is 1. The molecule has 2 aromatic rings. The minimum Gasteiger partial charge on any atom is -0.492 e. The summed E-state index contributed by atoms with van der Waals surface area (Å²) in [5.41, 5.74) is 0.911. The minimum atomic E-state index is -0.256. The molecule has 26 heavy (non-hydrogen) atoms. The molecule has 1 aliphatic carbocycles. The van der Waals surface area contributed by atoms with Crippen LogP contribution >= 0.6 is 11.6 Å².